The molecule has 3 heteroatoms. The summed E-state index contributed by atoms with van der Waals surface area (Å²) < 4.78 is 18.1. The summed E-state index contributed by atoms with van der Waals surface area (Å²) in [6, 6.07) is 3.19. The zero-order valence-corrected chi connectivity index (χ0v) is 8.61. The van der Waals surface area contributed by atoms with Gasteiger partial charge in [-0.15, -0.1) is 0 Å². The highest BCUT2D eigenvalue weighted by Crippen LogP contribution is 2.23. The van der Waals surface area contributed by atoms with Crippen LogP contribution < -0.4 is 4.74 Å². The van der Waals surface area contributed by atoms with Crippen LogP contribution in [-0.4, -0.2) is 7.11 Å². The van der Waals surface area contributed by atoms with Gasteiger partial charge in [-0.2, -0.15) is 0 Å². The van der Waals surface area contributed by atoms with Crippen LogP contribution in [0.1, 0.15) is 11.1 Å². The SMILES string of the molecule is COc1cc(CBr)c(F)cc1C. The average Bonchev–Trinajstić information content (AvgIpc) is 2.05. The summed E-state index contributed by atoms with van der Waals surface area (Å²) in [5.74, 6) is 0.538. The molecule has 0 atom stereocenters. The highest BCUT2D eigenvalue weighted by Gasteiger charge is 2.05. The molecule has 0 fully saturated rings. The maximum absolute atomic E-state index is 13.1. The lowest BCUT2D eigenvalue weighted by Crippen LogP contribution is -1.92. The first kappa shape index (κ1) is 9.52. The molecule has 0 radical (unpaired) electrons. The van der Waals surface area contributed by atoms with Gasteiger partial charge in [-0.3, -0.25) is 0 Å². The second-order valence-electron chi connectivity index (χ2n) is 2.55. The molecule has 0 unspecified atom stereocenters. The summed E-state index contributed by atoms with van der Waals surface area (Å²) in [5, 5.41) is 0.509. The van der Waals surface area contributed by atoms with E-state index in [9.17, 15) is 4.39 Å². The summed E-state index contributed by atoms with van der Waals surface area (Å²) >= 11 is 3.20. The second-order valence-corrected chi connectivity index (χ2v) is 3.11. The van der Waals surface area contributed by atoms with Gasteiger partial charge in [-0.05, 0) is 24.6 Å². The van der Waals surface area contributed by atoms with Gasteiger partial charge >= 0.3 is 0 Å². The number of hydrogen-bond acceptors (Lipinski definition) is 1. The average molecular weight is 233 g/mol. The highest BCUT2D eigenvalue weighted by molar-refractivity contribution is 9.08. The molecule has 0 aliphatic carbocycles. The van der Waals surface area contributed by atoms with Crippen molar-refractivity contribution < 1.29 is 9.13 Å². The van der Waals surface area contributed by atoms with E-state index >= 15 is 0 Å². The van der Waals surface area contributed by atoms with Gasteiger partial charge < -0.3 is 4.74 Å². The van der Waals surface area contributed by atoms with Crippen molar-refractivity contribution in [3.8, 4) is 5.75 Å². The minimum Gasteiger partial charge on any atom is -0.496 e. The smallest absolute Gasteiger partial charge is 0.127 e. The monoisotopic (exact) mass is 232 g/mol. The van der Waals surface area contributed by atoms with Crippen LogP contribution in [0.5, 0.6) is 5.75 Å². The molecule has 1 nitrogen and oxygen atoms in total. The van der Waals surface area contributed by atoms with Crippen LogP contribution in [-0.2, 0) is 5.33 Å². The Kier molecular flexibility index (Phi) is 3.09. The fourth-order valence-corrected chi connectivity index (χ4v) is 1.45. The molecule has 0 spiro atoms. The van der Waals surface area contributed by atoms with Crippen LogP contribution in [0.15, 0.2) is 12.1 Å². The summed E-state index contributed by atoms with van der Waals surface area (Å²) in [6.07, 6.45) is 0. The van der Waals surface area contributed by atoms with Gasteiger partial charge in [0.15, 0.2) is 0 Å². The maximum Gasteiger partial charge on any atom is 0.127 e. The first-order valence-electron chi connectivity index (χ1n) is 3.58. The van der Waals surface area contributed by atoms with E-state index in [0.717, 1.165) is 11.3 Å². The number of aryl methyl sites for hydroxylation is 1. The lowest BCUT2D eigenvalue weighted by atomic mass is 10.1. The number of hydrogen-bond donors (Lipinski definition) is 0. The van der Waals surface area contributed by atoms with Gasteiger partial charge in [-0.25, -0.2) is 4.39 Å². The Bertz CT molecular complexity index is 261. The van der Waals surface area contributed by atoms with Crippen molar-refractivity contribution in [1.82, 2.24) is 0 Å². The molecule has 12 heavy (non-hydrogen) atoms. The summed E-state index contributed by atoms with van der Waals surface area (Å²) in [4.78, 5) is 0. The fraction of sp³-hybridized carbons (Fsp3) is 0.333. The van der Waals surface area contributed by atoms with Crippen molar-refractivity contribution in [2.24, 2.45) is 0 Å². The van der Waals surface area contributed by atoms with Crippen molar-refractivity contribution in [1.29, 1.82) is 0 Å². The molecule has 1 aromatic rings. The summed E-state index contributed by atoms with van der Waals surface area (Å²) in [6.45, 7) is 1.82. The van der Waals surface area contributed by atoms with Crippen molar-refractivity contribution in [2.75, 3.05) is 7.11 Å². The van der Waals surface area contributed by atoms with Crippen LogP contribution in [0.25, 0.3) is 0 Å². The minimum absolute atomic E-state index is 0.190. The lowest BCUT2D eigenvalue weighted by Gasteiger charge is -2.06. The van der Waals surface area contributed by atoms with Crippen molar-refractivity contribution in [2.45, 2.75) is 12.3 Å². The Morgan fingerprint density at radius 2 is 2.17 bits per heavy atom. The van der Waals surface area contributed by atoms with Crippen molar-refractivity contribution >= 4 is 15.9 Å². The molecule has 0 aliphatic heterocycles. The van der Waals surface area contributed by atoms with E-state index < -0.39 is 0 Å². The van der Waals surface area contributed by atoms with E-state index in [1.807, 2.05) is 6.92 Å². The third-order valence-corrected chi connectivity index (χ3v) is 2.31. The van der Waals surface area contributed by atoms with Crippen LogP contribution in [0.2, 0.25) is 0 Å². The van der Waals surface area contributed by atoms with Crippen LogP contribution in [0.4, 0.5) is 4.39 Å². The molecule has 0 aliphatic rings. The van der Waals surface area contributed by atoms with Crippen LogP contribution in [0.3, 0.4) is 0 Å². The van der Waals surface area contributed by atoms with Gasteiger partial charge in [0.1, 0.15) is 11.6 Å². The molecule has 0 bridgehead atoms. The molecule has 0 amide bonds. The quantitative estimate of drug-likeness (QED) is 0.713. The van der Waals surface area contributed by atoms with E-state index in [4.69, 9.17) is 4.74 Å². The third-order valence-electron chi connectivity index (χ3n) is 1.71. The van der Waals surface area contributed by atoms with Gasteiger partial charge in [0.2, 0.25) is 0 Å². The standard InChI is InChI=1S/C9H10BrFO/c1-6-3-8(11)7(5-10)4-9(6)12-2/h3-4H,5H2,1-2H3. The van der Waals surface area contributed by atoms with E-state index in [1.54, 1.807) is 13.2 Å². The van der Waals surface area contributed by atoms with Gasteiger partial charge in [0.05, 0.1) is 7.11 Å². The topological polar surface area (TPSA) is 9.23 Å². The summed E-state index contributed by atoms with van der Waals surface area (Å²) in [7, 11) is 1.58. The number of halogens is 2. The Labute approximate surface area is 79.7 Å². The van der Waals surface area contributed by atoms with Crippen molar-refractivity contribution in [3.63, 3.8) is 0 Å². The Hall–Kier alpha value is -0.570. The molecule has 0 saturated heterocycles. The van der Waals surface area contributed by atoms with Crippen LogP contribution >= 0.6 is 15.9 Å². The Morgan fingerprint density at radius 3 is 2.67 bits per heavy atom. The number of rotatable bonds is 2. The van der Waals surface area contributed by atoms with E-state index in [2.05, 4.69) is 15.9 Å². The number of ether oxygens (including phenoxy) is 1. The largest absolute Gasteiger partial charge is 0.496 e. The minimum atomic E-state index is -0.190. The van der Waals surface area contributed by atoms with E-state index in [-0.39, 0.29) is 5.82 Å². The molecule has 0 N–H and O–H groups in total. The molecule has 1 rings (SSSR count). The zero-order valence-electron chi connectivity index (χ0n) is 7.03. The first-order chi connectivity index (χ1) is 5.69. The molecule has 0 aromatic heterocycles. The van der Waals surface area contributed by atoms with Gasteiger partial charge in [0.25, 0.3) is 0 Å². The van der Waals surface area contributed by atoms with Gasteiger partial charge in [-0.1, -0.05) is 15.9 Å². The fourth-order valence-electron chi connectivity index (χ4n) is 1.02. The lowest BCUT2D eigenvalue weighted by molar-refractivity contribution is 0.410. The second kappa shape index (κ2) is 3.90. The molecule has 1 aromatic carbocycles. The summed E-state index contributed by atoms with van der Waals surface area (Å²) in [5.41, 5.74) is 1.44. The Morgan fingerprint density at radius 1 is 1.50 bits per heavy atom. The molecule has 0 saturated carbocycles. The van der Waals surface area contributed by atoms with Crippen molar-refractivity contribution in [3.05, 3.63) is 29.1 Å². The number of benzene rings is 1. The first-order valence-corrected chi connectivity index (χ1v) is 4.70. The highest BCUT2D eigenvalue weighted by atomic mass is 79.9. The molecule has 66 valence electrons. The number of methoxy groups -OCH3 is 1. The molecular weight excluding hydrogens is 223 g/mol. The predicted octanol–water partition coefficient (Wildman–Crippen LogP) is 3.04. The normalized spacial score (nSPS) is 10.0. The maximum atomic E-state index is 13.1. The number of alkyl halides is 1. The Balaban J connectivity index is 3.18. The van der Waals surface area contributed by atoms with Crippen LogP contribution in [0, 0.1) is 12.7 Å². The van der Waals surface area contributed by atoms with E-state index in [1.165, 1.54) is 6.07 Å². The van der Waals surface area contributed by atoms with E-state index in [0.29, 0.717) is 10.9 Å². The zero-order chi connectivity index (χ0) is 9.14. The third kappa shape index (κ3) is 1.78. The van der Waals surface area contributed by atoms with Gasteiger partial charge in [0, 0.05) is 10.9 Å². The predicted molar refractivity (Wildman–Crippen MR) is 50.3 cm³/mol. The molecular formula is C9H10BrFO. The molecule has 0 heterocycles.